The van der Waals surface area contributed by atoms with Gasteiger partial charge in [-0.1, -0.05) is 18.2 Å². The number of ether oxygens (including phenoxy) is 3. The van der Waals surface area contributed by atoms with Gasteiger partial charge in [-0.15, -0.1) is 0 Å². The molecule has 0 unspecified atom stereocenters. The van der Waals surface area contributed by atoms with Gasteiger partial charge >= 0.3 is 5.97 Å². The van der Waals surface area contributed by atoms with Crippen molar-refractivity contribution < 1.29 is 23.8 Å². The fourth-order valence-electron chi connectivity index (χ4n) is 3.17. The van der Waals surface area contributed by atoms with E-state index in [9.17, 15) is 9.59 Å². The summed E-state index contributed by atoms with van der Waals surface area (Å²) in [5.41, 5.74) is 3.01. The van der Waals surface area contributed by atoms with Gasteiger partial charge in [-0.3, -0.25) is 4.79 Å². The molecule has 1 N–H and O–H groups in total. The second kappa shape index (κ2) is 9.56. The van der Waals surface area contributed by atoms with Crippen molar-refractivity contribution in [2.45, 2.75) is 45.8 Å². The minimum Gasteiger partial charge on any atom is -0.491 e. The Labute approximate surface area is 171 Å². The maximum atomic E-state index is 12.4. The average Bonchev–Trinajstić information content (AvgIpc) is 3.23. The van der Waals surface area contributed by atoms with Crippen molar-refractivity contribution >= 4 is 17.6 Å². The van der Waals surface area contributed by atoms with Crippen LogP contribution in [-0.2, 0) is 14.3 Å². The molecule has 0 aromatic heterocycles. The topological polar surface area (TPSA) is 73.9 Å². The van der Waals surface area contributed by atoms with E-state index >= 15 is 0 Å². The molecule has 0 aliphatic carbocycles. The number of esters is 1. The molecule has 1 saturated heterocycles. The van der Waals surface area contributed by atoms with Crippen molar-refractivity contribution in [3.63, 3.8) is 0 Å². The molecule has 0 bridgehead atoms. The van der Waals surface area contributed by atoms with Crippen LogP contribution < -0.4 is 10.1 Å². The van der Waals surface area contributed by atoms with Gasteiger partial charge in [0.2, 0.25) is 0 Å². The second-order valence-corrected chi connectivity index (χ2v) is 7.27. The van der Waals surface area contributed by atoms with Gasteiger partial charge in [0, 0.05) is 12.3 Å². The summed E-state index contributed by atoms with van der Waals surface area (Å²) in [6.07, 6.45) is 1.29. The highest BCUT2D eigenvalue weighted by Gasteiger charge is 2.20. The van der Waals surface area contributed by atoms with Crippen LogP contribution in [-0.4, -0.2) is 37.3 Å². The van der Waals surface area contributed by atoms with Crippen molar-refractivity contribution in [3.05, 3.63) is 59.2 Å². The lowest BCUT2D eigenvalue weighted by Gasteiger charge is -2.16. The molecule has 29 heavy (non-hydrogen) atoms. The van der Waals surface area contributed by atoms with Gasteiger partial charge in [-0.2, -0.15) is 0 Å². The third-order valence-electron chi connectivity index (χ3n) is 4.93. The highest BCUT2D eigenvalue weighted by molar-refractivity contribution is 5.98. The summed E-state index contributed by atoms with van der Waals surface area (Å²) in [7, 11) is 0. The quantitative estimate of drug-likeness (QED) is 0.714. The first-order valence-corrected chi connectivity index (χ1v) is 9.86. The summed E-state index contributed by atoms with van der Waals surface area (Å²) >= 11 is 0. The highest BCUT2D eigenvalue weighted by Crippen LogP contribution is 2.20. The van der Waals surface area contributed by atoms with Crippen LogP contribution in [0.1, 0.15) is 41.3 Å². The van der Waals surface area contributed by atoms with Gasteiger partial charge in [0.25, 0.3) is 5.91 Å². The van der Waals surface area contributed by atoms with E-state index in [1.54, 1.807) is 31.2 Å². The minimum atomic E-state index is -0.919. The van der Waals surface area contributed by atoms with Crippen LogP contribution >= 0.6 is 0 Å². The molecule has 2 atom stereocenters. The molecule has 1 aliphatic heterocycles. The summed E-state index contributed by atoms with van der Waals surface area (Å²) in [6, 6.07) is 12.5. The van der Waals surface area contributed by atoms with Crippen LogP contribution in [0.4, 0.5) is 5.69 Å². The molecule has 0 radical (unpaired) electrons. The molecule has 1 fully saturated rings. The Hall–Kier alpha value is -2.86. The zero-order valence-corrected chi connectivity index (χ0v) is 17.1. The summed E-state index contributed by atoms with van der Waals surface area (Å²) in [5, 5.41) is 2.84. The monoisotopic (exact) mass is 397 g/mol. The number of rotatable bonds is 7. The number of anilines is 1. The first kappa shape index (κ1) is 20.9. The average molecular weight is 397 g/mol. The van der Waals surface area contributed by atoms with E-state index in [0.29, 0.717) is 17.9 Å². The van der Waals surface area contributed by atoms with E-state index in [2.05, 4.69) is 5.32 Å². The van der Waals surface area contributed by atoms with Crippen LogP contribution in [0, 0.1) is 13.8 Å². The lowest BCUT2D eigenvalue weighted by Crippen LogP contribution is -2.30. The number of amides is 1. The Bertz CT molecular complexity index is 836. The van der Waals surface area contributed by atoms with E-state index in [1.807, 2.05) is 32.0 Å². The largest absolute Gasteiger partial charge is 0.491 e. The summed E-state index contributed by atoms with van der Waals surface area (Å²) < 4.78 is 16.5. The normalized spacial score (nSPS) is 16.9. The van der Waals surface area contributed by atoms with E-state index in [4.69, 9.17) is 14.2 Å². The summed E-state index contributed by atoms with van der Waals surface area (Å²) in [6.45, 7) is 6.68. The standard InChI is InChI=1S/C23H27NO5/c1-15-6-4-7-16(2)21(15)24-22(25)17(3)29-23(26)18-9-11-19(12-10-18)28-14-20-8-5-13-27-20/h4,6-7,9-12,17,20H,5,8,13-14H2,1-3H3,(H,24,25)/t17-,20-/m1/s1. The van der Waals surface area contributed by atoms with Gasteiger partial charge in [-0.05, 0) is 69.0 Å². The molecule has 3 rings (SSSR count). The predicted molar refractivity (Wildman–Crippen MR) is 110 cm³/mol. The van der Waals surface area contributed by atoms with E-state index in [0.717, 1.165) is 36.3 Å². The zero-order valence-electron chi connectivity index (χ0n) is 17.1. The molecule has 6 heteroatoms. The third kappa shape index (κ3) is 5.57. The fraction of sp³-hybridized carbons (Fsp3) is 0.391. The number of benzene rings is 2. The molecule has 1 heterocycles. The van der Waals surface area contributed by atoms with Crippen LogP contribution in [0.2, 0.25) is 0 Å². The molecule has 0 saturated carbocycles. The molecule has 2 aromatic carbocycles. The molecule has 2 aromatic rings. The molecular formula is C23H27NO5. The number of nitrogens with one attached hydrogen (secondary N) is 1. The van der Waals surface area contributed by atoms with Crippen molar-refractivity contribution in [2.75, 3.05) is 18.5 Å². The Kier molecular flexibility index (Phi) is 6.88. The van der Waals surface area contributed by atoms with E-state index < -0.39 is 12.1 Å². The number of aryl methyl sites for hydroxylation is 2. The maximum absolute atomic E-state index is 12.4. The number of para-hydroxylation sites is 1. The number of hydrogen-bond acceptors (Lipinski definition) is 5. The lowest BCUT2D eigenvalue weighted by molar-refractivity contribution is -0.123. The van der Waals surface area contributed by atoms with Crippen LogP contribution in [0.15, 0.2) is 42.5 Å². The van der Waals surface area contributed by atoms with Gasteiger partial charge in [0.1, 0.15) is 12.4 Å². The van der Waals surface area contributed by atoms with Crippen LogP contribution in [0.25, 0.3) is 0 Å². The van der Waals surface area contributed by atoms with Crippen LogP contribution in [0.5, 0.6) is 5.75 Å². The number of carbonyl (C=O) groups excluding carboxylic acids is 2. The molecule has 6 nitrogen and oxygen atoms in total. The van der Waals surface area contributed by atoms with E-state index in [1.165, 1.54) is 0 Å². The van der Waals surface area contributed by atoms with Gasteiger partial charge in [0.15, 0.2) is 6.10 Å². The number of carbonyl (C=O) groups is 2. The lowest BCUT2D eigenvalue weighted by atomic mass is 10.1. The Balaban J connectivity index is 1.52. The maximum Gasteiger partial charge on any atom is 0.338 e. The molecular weight excluding hydrogens is 370 g/mol. The van der Waals surface area contributed by atoms with Gasteiger partial charge in [0.05, 0.1) is 11.7 Å². The summed E-state index contributed by atoms with van der Waals surface area (Å²) in [5.74, 6) is -0.259. The second-order valence-electron chi connectivity index (χ2n) is 7.27. The highest BCUT2D eigenvalue weighted by atomic mass is 16.5. The Morgan fingerprint density at radius 3 is 2.45 bits per heavy atom. The molecule has 1 aliphatic rings. The van der Waals surface area contributed by atoms with Gasteiger partial charge in [-0.25, -0.2) is 4.79 Å². The third-order valence-corrected chi connectivity index (χ3v) is 4.93. The van der Waals surface area contributed by atoms with Crippen molar-refractivity contribution in [3.8, 4) is 5.75 Å². The van der Waals surface area contributed by atoms with Crippen molar-refractivity contribution in [1.29, 1.82) is 0 Å². The SMILES string of the molecule is Cc1cccc(C)c1NC(=O)[C@@H](C)OC(=O)c1ccc(OC[C@H]2CCCO2)cc1. The first-order valence-electron chi connectivity index (χ1n) is 9.86. The molecule has 1 amide bonds. The van der Waals surface area contributed by atoms with Crippen molar-refractivity contribution in [1.82, 2.24) is 0 Å². The van der Waals surface area contributed by atoms with Crippen LogP contribution in [0.3, 0.4) is 0 Å². The molecule has 0 spiro atoms. The Morgan fingerprint density at radius 1 is 1.14 bits per heavy atom. The Morgan fingerprint density at radius 2 is 1.83 bits per heavy atom. The predicted octanol–water partition coefficient (Wildman–Crippen LogP) is 4.05. The number of hydrogen-bond donors (Lipinski definition) is 1. The first-order chi connectivity index (χ1) is 13.9. The van der Waals surface area contributed by atoms with Crippen molar-refractivity contribution in [2.24, 2.45) is 0 Å². The fourth-order valence-corrected chi connectivity index (χ4v) is 3.17. The van der Waals surface area contributed by atoms with Gasteiger partial charge < -0.3 is 19.5 Å². The zero-order chi connectivity index (χ0) is 20.8. The van der Waals surface area contributed by atoms with E-state index in [-0.39, 0.29) is 12.0 Å². The molecule has 154 valence electrons. The smallest absolute Gasteiger partial charge is 0.338 e. The summed E-state index contributed by atoms with van der Waals surface area (Å²) in [4.78, 5) is 24.8. The minimum absolute atomic E-state index is 0.135.